The predicted octanol–water partition coefficient (Wildman–Crippen LogP) is 3.90. The van der Waals surface area contributed by atoms with E-state index in [1.54, 1.807) is 24.3 Å². The standard InChI is InChI=1S/C15H12BrNO2/c1-10(18)11-2-4-12(5-3-11)15(19)17-14-8-6-13(16)7-9-14/h2-9H,1H3,(H,17,19). The highest BCUT2D eigenvalue weighted by Gasteiger charge is 2.07. The lowest BCUT2D eigenvalue weighted by Gasteiger charge is -2.05. The fourth-order valence-corrected chi connectivity index (χ4v) is 1.86. The lowest BCUT2D eigenvalue weighted by molar-refractivity contribution is 0.101. The maximum absolute atomic E-state index is 12.0. The minimum atomic E-state index is -0.197. The number of hydrogen-bond donors (Lipinski definition) is 1. The number of hydrogen-bond acceptors (Lipinski definition) is 2. The van der Waals surface area contributed by atoms with E-state index < -0.39 is 0 Å². The maximum atomic E-state index is 12.0. The zero-order valence-electron chi connectivity index (χ0n) is 10.3. The third-order valence-corrected chi connectivity index (χ3v) is 3.18. The van der Waals surface area contributed by atoms with Crippen LogP contribution in [-0.4, -0.2) is 11.7 Å². The van der Waals surface area contributed by atoms with E-state index in [0.717, 1.165) is 10.2 Å². The van der Waals surface area contributed by atoms with Gasteiger partial charge in [0.2, 0.25) is 0 Å². The van der Waals surface area contributed by atoms with Gasteiger partial charge in [-0.2, -0.15) is 0 Å². The van der Waals surface area contributed by atoms with Crippen LogP contribution < -0.4 is 5.32 Å². The molecule has 0 heterocycles. The summed E-state index contributed by atoms with van der Waals surface area (Å²) >= 11 is 3.33. The Morgan fingerprint density at radius 1 is 0.895 bits per heavy atom. The third kappa shape index (κ3) is 3.51. The molecule has 1 amide bonds. The Kier molecular flexibility index (Phi) is 4.12. The number of ketones is 1. The highest BCUT2D eigenvalue weighted by Crippen LogP contribution is 2.15. The minimum absolute atomic E-state index is 0.0140. The van der Waals surface area contributed by atoms with Crippen molar-refractivity contribution in [3.8, 4) is 0 Å². The fraction of sp³-hybridized carbons (Fsp3) is 0.0667. The molecule has 0 aliphatic rings. The van der Waals surface area contributed by atoms with Crippen LogP contribution in [0.15, 0.2) is 53.0 Å². The lowest BCUT2D eigenvalue weighted by atomic mass is 10.1. The average molecular weight is 318 g/mol. The van der Waals surface area contributed by atoms with Gasteiger partial charge in [-0.3, -0.25) is 9.59 Å². The Labute approximate surface area is 119 Å². The van der Waals surface area contributed by atoms with Crippen LogP contribution in [0.3, 0.4) is 0 Å². The van der Waals surface area contributed by atoms with Crippen molar-refractivity contribution in [1.29, 1.82) is 0 Å². The molecule has 3 nitrogen and oxygen atoms in total. The van der Waals surface area contributed by atoms with Crippen LogP contribution >= 0.6 is 15.9 Å². The second kappa shape index (κ2) is 5.80. The summed E-state index contributed by atoms with van der Waals surface area (Å²) in [7, 11) is 0. The highest BCUT2D eigenvalue weighted by atomic mass is 79.9. The van der Waals surface area contributed by atoms with Gasteiger partial charge in [-0.25, -0.2) is 0 Å². The molecule has 0 radical (unpaired) electrons. The van der Waals surface area contributed by atoms with Crippen molar-refractivity contribution in [3.63, 3.8) is 0 Å². The largest absolute Gasteiger partial charge is 0.322 e. The van der Waals surface area contributed by atoms with Crippen molar-refractivity contribution in [1.82, 2.24) is 0 Å². The second-order valence-corrected chi connectivity index (χ2v) is 5.01. The number of rotatable bonds is 3. The van der Waals surface area contributed by atoms with E-state index in [2.05, 4.69) is 21.2 Å². The Bertz CT molecular complexity index is 603. The first-order chi connectivity index (χ1) is 9.06. The molecule has 0 aliphatic carbocycles. The number of halogens is 1. The molecule has 0 unspecified atom stereocenters. The fourth-order valence-electron chi connectivity index (χ4n) is 1.59. The molecule has 0 aliphatic heterocycles. The summed E-state index contributed by atoms with van der Waals surface area (Å²) in [5.74, 6) is -0.211. The summed E-state index contributed by atoms with van der Waals surface area (Å²) in [6, 6.07) is 13.9. The van der Waals surface area contributed by atoms with Crippen LogP contribution in [-0.2, 0) is 0 Å². The molecule has 4 heteroatoms. The molecule has 1 N–H and O–H groups in total. The van der Waals surface area contributed by atoms with E-state index in [4.69, 9.17) is 0 Å². The Hall–Kier alpha value is -1.94. The monoisotopic (exact) mass is 317 g/mol. The van der Waals surface area contributed by atoms with Crippen molar-refractivity contribution in [2.45, 2.75) is 6.92 Å². The van der Waals surface area contributed by atoms with Gasteiger partial charge in [-0.15, -0.1) is 0 Å². The van der Waals surface area contributed by atoms with E-state index in [-0.39, 0.29) is 11.7 Å². The molecule has 96 valence electrons. The number of carbonyl (C=O) groups is 2. The van der Waals surface area contributed by atoms with Crippen LogP contribution in [0.5, 0.6) is 0 Å². The van der Waals surface area contributed by atoms with Crippen molar-refractivity contribution >= 4 is 33.3 Å². The molecule has 19 heavy (non-hydrogen) atoms. The highest BCUT2D eigenvalue weighted by molar-refractivity contribution is 9.10. The Morgan fingerprint density at radius 2 is 1.42 bits per heavy atom. The van der Waals surface area contributed by atoms with Gasteiger partial charge in [0.1, 0.15) is 0 Å². The molecule has 0 aromatic heterocycles. The van der Waals surface area contributed by atoms with Crippen LogP contribution in [0, 0.1) is 0 Å². The molecule has 0 bridgehead atoms. The SMILES string of the molecule is CC(=O)c1ccc(C(=O)Nc2ccc(Br)cc2)cc1. The van der Waals surface area contributed by atoms with E-state index in [9.17, 15) is 9.59 Å². The van der Waals surface area contributed by atoms with Gasteiger partial charge in [0.05, 0.1) is 0 Å². The summed E-state index contributed by atoms with van der Waals surface area (Å²) in [5, 5.41) is 2.79. The molecule has 0 fully saturated rings. The first kappa shape index (κ1) is 13.5. The predicted molar refractivity (Wildman–Crippen MR) is 78.5 cm³/mol. The summed E-state index contributed by atoms with van der Waals surface area (Å²) in [5.41, 5.74) is 1.84. The minimum Gasteiger partial charge on any atom is -0.322 e. The van der Waals surface area contributed by atoms with Crippen LogP contribution in [0.4, 0.5) is 5.69 Å². The normalized spacial score (nSPS) is 10.0. The number of anilines is 1. The van der Waals surface area contributed by atoms with Gasteiger partial charge in [0.15, 0.2) is 5.78 Å². The summed E-state index contributed by atoms with van der Waals surface area (Å²) < 4.78 is 0.955. The molecule has 2 rings (SSSR count). The number of carbonyl (C=O) groups excluding carboxylic acids is 2. The topological polar surface area (TPSA) is 46.2 Å². The number of benzene rings is 2. The summed E-state index contributed by atoms with van der Waals surface area (Å²) in [6.07, 6.45) is 0. The lowest BCUT2D eigenvalue weighted by Crippen LogP contribution is -2.11. The first-order valence-electron chi connectivity index (χ1n) is 5.74. The van der Waals surface area contributed by atoms with Crippen molar-refractivity contribution in [2.24, 2.45) is 0 Å². The summed E-state index contributed by atoms with van der Waals surface area (Å²) in [4.78, 5) is 23.1. The maximum Gasteiger partial charge on any atom is 0.255 e. The molecule has 0 saturated heterocycles. The Balaban J connectivity index is 2.11. The second-order valence-electron chi connectivity index (χ2n) is 4.09. The first-order valence-corrected chi connectivity index (χ1v) is 6.53. The zero-order chi connectivity index (χ0) is 13.8. The van der Waals surface area contributed by atoms with Gasteiger partial charge in [-0.1, -0.05) is 28.1 Å². The molecule has 0 atom stereocenters. The quantitative estimate of drug-likeness (QED) is 0.872. The van der Waals surface area contributed by atoms with Crippen LogP contribution in [0.2, 0.25) is 0 Å². The molecule has 0 spiro atoms. The number of amides is 1. The van der Waals surface area contributed by atoms with Crippen molar-refractivity contribution < 1.29 is 9.59 Å². The molecule has 2 aromatic carbocycles. The van der Waals surface area contributed by atoms with Crippen molar-refractivity contribution in [3.05, 3.63) is 64.1 Å². The van der Waals surface area contributed by atoms with Crippen molar-refractivity contribution in [2.75, 3.05) is 5.32 Å². The van der Waals surface area contributed by atoms with Gasteiger partial charge in [-0.05, 0) is 43.3 Å². The zero-order valence-corrected chi connectivity index (χ0v) is 11.9. The van der Waals surface area contributed by atoms with Crippen LogP contribution in [0.25, 0.3) is 0 Å². The van der Waals surface area contributed by atoms with Gasteiger partial charge < -0.3 is 5.32 Å². The van der Waals surface area contributed by atoms with Gasteiger partial charge in [0.25, 0.3) is 5.91 Å². The molecule has 0 saturated carbocycles. The van der Waals surface area contributed by atoms with E-state index >= 15 is 0 Å². The summed E-state index contributed by atoms with van der Waals surface area (Å²) in [6.45, 7) is 1.50. The smallest absolute Gasteiger partial charge is 0.255 e. The van der Waals surface area contributed by atoms with E-state index in [1.807, 2.05) is 24.3 Å². The number of nitrogens with one attached hydrogen (secondary N) is 1. The van der Waals surface area contributed by atoms with Gasteiger partial charge in [0, 0.05) is 21.3 Å². The Morgan fingerprint density at radius 3 is 1.95 bits per heavy atom. The molecule has 2 aromatic rings. The van der Waals surface area contributed by atoms with E-state index in [1.165, 1.54) is 6.92 Å². The van der Waals surface area contributed by atoms with E-state index in [0.29, 0.717) is 11.1 Å². The third-order valence-electron chi connectivity index (χ3n) is 2.66. The molecular formula is C15H12BrNO2. The van der Waals surface area contributed by atoms with Crippen LogP contribution in [0.1, 0.15) is 27.6 Å². The average Bonchev–Trinajstić information content (AvgIpc) is 2.41. The van der Waals surface area contributed by atoms with Gasteiger partial charge >= 0.3 is 0 Å². The number of Topliss-reactive ketones (excluding diaryl/α,β-unsaturated/α-hetero) is 1. The molecular weight excluding hydrogens is 306 g/mol.